The van der Waals surface area contributed by atoms with Crippen molar-refractivity contribution >= 4 is 44.9 Å². The van der Waals surface area contributed by atoms with E-state index in [0.29, 0.717) is 0 Å². The van der Waals surface area contributed by atoms with Crippen LogP contribution in [-0.4, -0.2) is 8.80 Å². The lowest BCUT2D eigenvalue weighted by Gasteiger charge is -2.02. The molecular weight excluding hydrogens is 408 g/mol. The predicted molar refractivity (Wildman–Crippen MR) is 136 cm³/mol. The second-order valence-electron chi connectivity index (χ2n) is 8.24. The van der Waals surface area contributed by atoms with E-state index in [1.165, 1.54) is 44.1 Å². The monoisotopic (exact) mass is 426 g/mol. The molecule has 0 aliphatic heterocycles. The Kier molecular flexibility index (Phi) is 3.61. The summed E-state index contributed by atoms with van der Waals surface area (Å²) in [4.78, 5) is 0. The van der Waals surface area contributed by atoms with E-state index in [2.05, 4.69) is 118 Å². The maximum atomic E-state index is 6.06. The van der Waals surface area contributed by atoms with Crippen LogP contribution in [0.25, 0.3) is 55.0 Å². The van der Waals surface area contributed by atoms with Crippen molar-refractivity contribution in [2.24, 2.45) is 0 Å². The minimum absolute atomic E-state index is 0.838. The van der Waals surface area contributed by atoms with E-state index in [-0.39, 0.29) is 0 Å². The fourth-order valence-electron chi connectivity index (χ4n) is 5.07. The van der Waals surface area contributed by atoms with Gasteiger partial charge < -0.3 is 8.80 Å². The third-order valence-corrected chi connectivity index (χ3v) is 6.93. The standard InChI is InChI=1S/C29H18N2S/c32-29-23-13-7-8-14-26(23)30-17-24(19-9-3-1-4-10-19)21-15-16-22-25(20-11-5-2-6-12-20)18-31(29)28(22)27(21)30/h1-18H. The molecule has 2 nitrogen and oxygen atoms in total. The Balaban J connectivity index is 1.77. The van der Waals surface area contributed by atoms with E-state index in [1.807, 2.05) is 0 Å². The molecule has 0 aliphatic rings. The van der Waals surface area contributed by atoms with Crippen molar-refractivity contribution in [3.63, 3.8) is 0 Å². The second-order valence-corrected chi connectivity index (χ2v) is 8.62. The van der Waals surface area contributed by atoms with Gasteiger partial charge in [0.1, 0.15) is 4.64 Å². The fourth-order valence-corrected chi connectivity index (χ4v) is 5.39. The van der Waals surface area contributed by atoms with Gasteiger partial charge in [-0.2, -0.15) is 0 Å². The topological polar surface area (TPSA) is 8.82 Å². The molecular formula is C29H18N2S. The molecule has 0 bridgehead atoms. The fraction of sp³-hybridized carbons (Fsp3) is 0. The van der Waals surface area contributed by atoms with Crippen LogP contribution in [0.1, 0.15) is 0 Å². The molecule has 0 unspecified atom stereocenters. The van der Waals surface area contributed by atoms with Gasteiger partial charge in [-0.05, 0) is 23.3 Å². The zero-order chi connectivity index (χ0) is 21.2. The number of hydrogen-bond acceptors (Lipinski definition) is 1. The molecule has 7 aromatic rings. The van der Waals surface area contributed by atoms with Gasteiger partial charge in [-0.25, -0.2) is 0 Å². The van der Waals surface area contributed by atoms with Crippen molar-refractivity contribution in [3.05, 3.63) is 114 Å². The maximum Gasteiger partial charge on any atom is 0.119 e. The van der Waals surface area contributed by atoms with Gasteiger partial charge in [-0.1, -0.05) is 97.1 Å². The van der Waals surface area contributed by atoms with Crippen molar-refractivity contribution in [2.45, 2.75) is 0 Å². The molecule has 3 aromatic heterocycles. The highest BCUT2D eigenvalue weighted by Gasteiger charge is 2.19. The lowest BCUT2D eigenvalue weighted by atomic mass is 10.0. The number of rotatable bonds is 2. The van der Waals surface area contributed by atoms with Crippen LogP contribution in [0.15, 0.2) is 109 Å². The highest BCUT2D eigenvalue weighted by atomic mass is 32.1. The van der Waals surface area contributed by atoms with Crippen LogP contribution >= 0.6 is 12.2 Å². The largest absolute Gasteiger partial charge is 0.313 e. The smallest absolute Gasteiger partial charge is 0.119 e. The third-order valence-electron chi connectivity index (χ3n) is 6.51. The van der Waals surface area contributed by atoms with Crippen LogP contribution in [0, 0.1) is 4.64 Å². The van der Waals surface area contributed by atoms with Crippen LogP contribution in [0.4, 0.5) is 0 Å². The third kappa shape index (κ3) is 2.31. The summed E-state index contributed by atoms with van der Waals surface area (Å²) in [5, 5.41) is 3.53. The van der Waals surface area contributed by atoms with Gasteiger partial charge in [0.25, 0.3) is 0 Å². The molecule has 3 heteroatoms. The molecule has 7 rings (SSSR count). The zero-order valence-corrected chi connectivity index (χ0v) is 18.0. The average molecular weight is 427 g/mol. The summed E-state index contributed by atoms with van der Waals surface area (Å²) in [5.41, 5.74) is 8.37. The predicted octanol–water partition coefficient (Wildman–Crippen LogP) is 8.00. The minimum atomic E-state index is 0.838. The molecule has 0 fully saturated rings. The number of fused-ring (bicyclic) bond motifs is 2. The molecule has 0 atom stereocenters. The lowest BCUT2D eigenvalue weighted by molar-refractivity contribution is 1.21. The number of hydrogen-bond donors (Lipinski definition) is 0. The van der Waals surface area contributed by atoms with E-state index in [0.717, 1.165) is 15.5 Å². The average Bonchev–Trinajstić information content (AvgIpc) is 3.41. The van der Waals surface area contributed by atoms with Crippen molar-refractivity contribution in [1.29, 1.82) is 0 Å². The summed E-state index contributed by atoms with van der Waals surface area (Å²) in [6, 6.07) is 34.2. The van der Waals surface area contributed by atoms with Crippen LogP contribution in [0.5, 0.6) is 0 Å². The molecule has 0 N–H and O–H groups in total. The van der Waals surface area contributed by atoms with E-state index in [1.54, 1.807) is 0 Å². The van der Waals surface area contributed by atoms with E-state index in [9.17, 15) is 0 Å². The Labute approximate surface area is 189 Å². The van der Waals surface area contributed by atoms with E-state index in [4.69, 9.17) is 12.2 Å². The summed E-state index contributed by atoms with van der Waals surface area (Å²) < 4.78 is 5.39. The highest BCUT2D eigenvalue weighted by Crippen LogP contribution is 2.40. The molecule has 32 heavy (non-hydrogen) atoms. The molecule has 0 aliphatic carbocycles. The molecule has 150 valence electrons. The SMILES string of the molecule is S=c1c2ccccc2n2cc(-c3ccccc3)c3ccc4c(-c5ccccc5)cn1c4c32. The summed E-state index contributed by atoms with van der Waals surface area (Å²) in [6.45, 7) is 0. The van der Waals surface area contributed by atoms with Crippen molar-refractivity contribution in [2.75, 3.05) is 0 Å². The number of nitrogens with zero attached hydrogens (tertiary/aromatic N) is 2. The summed E-state index contributed by atoms with van der Waals surface area (Å²) in [7, 11) is 0. The van der Waals surface area contributed by atoms with Crippen LogP contribution in [0.2, 0.25) is 0 Å². The van der Waals surface area contributed by atoms with Gasteiger partial charge in [0.05, 0.1) is 16.6 Å². The van der Waals surface area contributed by atoms with Crippen LogP contribution in [0.3, 0.4) is 0 Å². The number of benzene rings is 4. The van der Waals surface area contributed by atoms with Gasteiger partial charge in [0.15, 0.2) is 0 Å². The maximum absolute atomic E-state index is 6.06. The first-order valence-corrected chi connectivity index (χ1v) is 11.2. The van der Waals surface area contributed by atoms with Gasteiger partial charge in [-0.3, -0.25) is 0 Å². The molecule has 0 radical (unpaired) electrons. The lowest BCUT2D eigenvalue weighted by Crippen LogP contribution is -1.83. The zero-order valence-electron chi connectivity index (χ0n) is 17.2. The molecule has 0 amide bonds. The summed E-state index contributed by atoms with van der Waals surface area (Å²) >= 11 is 6.06. The van der Waals surface area contributed by atoms with Gasteiger partial charge in [0.2, 0.25) is 0 Å². The van der Waals surface area contributed by atoms with Gasteiger partial charge in [0, 0.05) is 39.7 Å². The minimum Gasteiger partial charge on any atom is -0.313 e. The Bertz CT molecular complexity index is 1830. The number of aromatic nitrogens is 2. The summed E-state index contributed by atoms with van der Waals surface area (Å²) in [6.07, 6.45) is 4.48. The van der Waals surface area contributed by atoms with Crippen molar-refractivity contribution in [1.82, 2.24) is 8.80 Å². The molecule has 0 spiro atoms. The molecule has 0 saturated heterocycles. The van der Waals surface area contributed by atoms with Gasteiger partial charge >= 0.3 is 0 Å². The molecule has 4 aromatic carbocycles. The van der Waals surface area contributed by atoms with Crippen molar-refractivity contribution < 1.29 is 0 Å². The molecule has 0 saturated carbocycles. The van der Waals surface area contributed by atoms with Crippen LogP contribution < -0.4 is 0 Å². The first-order chi connectivity index (χ1) is 15.8. The second kappa shape index (κ2) is 6.52. The Morgan fingerprint density at radius 2 is 0.969 bits per heavy atom. The summed E-state index contributed by atoms with van der Waals surface area (Å²) in [5.74, 6) is 0. The highest BCUT2D eigenvalue weighted by molar-refractivity contribution is 7.71. The van der Waals surface area contributed by atoms with E-state index >= 15 is 0 Å². The van der Waals surface area contributed by atoms with Gasteiger partial charge in [-0.15, -0.1) is 0 Å². The number of para-hydroxylation sites is 1. The molecule has 3 heterocycles. The Morgan fingerprint density at radius 3 is 1.59 bits per heavy atom. The van der Waals surface area contributed by atoms with E-state index < -0.39 is 0 Å². The quantitative estimate of drug-likeness (QED) is 0.254. The Morgan fingerprint density at radius 1 is 0.469 bits per heavy atom. The first kappa shape index (κ1) is 17.7. The van der Waals surface area contributed by atoms with Crippen LogP contribution in [-0.2, 0) is 0 Å². The Hall–Kier alpha value is -3.95. The first-order valence-electron chi connectivity index (χ1n) is 10.8. The van der Waals surface area contributed by atoms with Crippen molar-refractivity contribution in [3.8, 4) is 22.3 Å². The normalized spacial score (nSPS) is 11.9.